The van der Waals surface area contributed by atoms with Crippen LogP contribution in [0.15, 0.2) is 29.8 Å². The molecule has 0 bridgehead atoms. The first-order chi connectivity index (χ1) is 11.7. The normalized spacial score (nSPS) is 14.8. The highest BCUT2D eigenvalue weighted by atomic mass is 32.2. The maximum absolute atomic E-state index is 12.3. The third-order valence-corrected chi connectivity index (χ3v) is 4.89. The van der Waals surface area contributed by atoms with Crippen molar-refractivity contribution in [2.24, 2.45) is 7.05 Å². The van der Waals surface area contributed by atoms with E-state index in [2.05, 4.69) is 19.9 Å². The van der Waals surface area contributed by atoms with E-state index in [9.17, 15) is 4.79 Å². The lowest BCUT2D eigenvalue weighted by atomic mass is 10.3. The van der Waals surface area contributed by atoms with Gasteiger partial charge in [-0.15, -0.1) is 0 Å². The molecule has 8 nitrogen and oxygen atoms in total. The van der Waals surface area contributed by atoms with Crippen LogP contribution in [-0.4, -0.2) is 69.4 Å². The number of amides is 1. The molecule has 2 aromatic rings. The molecule has 0 spiro atoms. The first-order valence-corrected chi connectivity index (χ1v) is 8.66. The zero-order chi connectivity index (χ0) is 16.9. The summed E-state index contributed by atoms with van der Waals surface area (Å²) >= 11 is 1.46. The number of thioether (sulfide) groups is 1. The number of aromatic nitrogens is 4. The standard InChI is InChI=1S/C15H20N6O2S/c1-19-6-5-17-15(19)24-11-13(22)20-7-9-21(10-8-20)14-16-4-3-12(18-14)23-2/h3-6H,7-11H2,1-2H3. The molecular weight excluding hydrogens is 328 g/mol. The van der Waals surface area contributed by atoms with Gasteiger partial charge in [0.05, 0.1) is 12.9 Å². The van der Waals surface area contributed by atoms with Crippen LogP contribution in [0.4, 0.5) is 5.95 Å². The van der Waals surface area contributed by atoms with Gasteiger partial charge >= 0.3 is 0 Å². The highest BCUT2D eigenvalue weighted by Gasteiger charge is 2.23. The number of hydrogen-bond acceptors (Lipinski definition) is 7. The average Bonchev–Trinajstić information content (AvgIpc) is 3.05. The molecule has 0 radical (unpaired) electrons. The Hall–Kier alpha value is -2.29. The van der Waals surface area contributed by atoms with Crippen LogP contribution in [-0.2, 0) is 11.8 Å². The van der Waals surface area contributed by atoms with Crippen molar-refractivity contribution in [1.82, 2.24) is 24.4 Å². The molecule has 0 N–H and O–H groups in total. The number of piperazine rings is 1. The van der Waals surface area contributed by atoms with Gasteiger partial charge in [-0.1, -0.05) is 11.8 Å². The predicted molar refractivity (Wildman–Crippen MR) is 91.3 cm³/mol. The number of anilines is 1. The molecule has 1 fully saturated rings. The van der Waals surface area contributed by atoms with Crippen molar-refractivity contribution >= 4 is 23.6 Å². The summed E-state index contributed by atoms with van der Waals surface area (Å²) in [5.74, 6) is 1.73. The molecule has 0 unspecified atom stereocenters. The zero-order valence-corrected chi connectivity index (χ0v) is 14.6. The molecular formula is C15H20N6O2S. The van der Waals surface area contributed by atoms with Gasteiger partial charge in [0.25, 0.3) is 0 Å². The SMILES string of the molecule is COc1ccnc(N2CCN(C(=O)CSc3nccn3C)CC2)n1. The molecule has 1 aliphatic heterocycles. The van der Waals surface area contributed by atoms with Crippen molar-refractivity contribution in [3.63, 3.8) is 0 Å². The van der Waals surface area contributed by atoms with E-state index in [0.29, 0.717) is 43.8 Å². The number of aryl methyl sites for hydroxylation is 1. The summed E-state index contributed by atoms with van der Waals surface area (Å²) in [5.41, 5.74) is 0. The fourth-order valence-corrected chi connectivity index (χ4v) is 3.30. The second-order valence-corrected chi connectivity index (χ2v) is 6.32. The number of carbonyl (C=O) groups excluding carboxylic acids is 1. The van der Waals surface area contributed by atoms with Crippen molar-refractivity contribution in [3.05, 3.63) is 24.7 Å². The Labute approximate surface area is 144 Å². The smallest absolute Gasteiger partial charge is 0.233 e. The van der Waals surface area contributed by atoms with E-state index < -0.39 is 0 Å². The zero-order valence-electron chi connectivity index (χ0n) is 13.8. The molecule has 3 rings (SSSR count). The van der Waals surface area contributed by atoms with E-state index in [1.54, 1.807) is 25.6 Å². The van der Waals surface area contributed by atoms with Crippen molar-refractivity contribution in [1.29, 1.82) is 0 Å². The summed E-state index contributed by atoms with van der Waals surface area (Å²) in [7, 11) is 3.51. The predicted octanol–water partition coefficient (Wildman–Crippen LogP) is 0.660. The number of hydrogen-bond donors (Lipinski definition) is 0. The lowest BCUT2D eigenvalue weighted by molar-refractivity contribution is -0.128. The van der Waals surface area contributed by atoms with E-state index in [-0.39, 0.29) is 5.91 Å². The minimum atomic E-state index is 0.134. The van der Waals surface area contributed by atoms with Crippen LogP contribution in [0.5, 0.6) is 5.88 Å². The summed E-state index contributed by atoms with van der Waals surface area (Å²) in [4.78, 5) is 29.1. The highest BCUT2D eigenvalue weighted by Crippen LogP contribution is 2.17. The van der Waals surface area contributed by atoms with Crippen LogP contribution in [0.3, 0.4) is 0 Å². The molecule has 24 heavy (non-hydrogen) atoms. The average molecular weight is 348 g/mol. The number of imidazole rings is 1. The van der Waals surface area contributed by atoms with Crippen LogP contribution in [0, 0.1) is 0 Å². The van der Waals surface area contributed by atoms with Gasteiger partial charge < -0.3 is 19.1 Å². The van der Waals surface area contributed by atoms with E-state index in [1.807, 2.05) is 22.7 Å². The lowest BCUT2D eigenvalue weighted by Crippen LogP contribution is -2.49. The first kappa shape index (κ1) is 16.6. The minimum Gasteiger partial charge on any atom is -0.481 e. The molecule has 128 valence electrons. The molecule has 0 aliphatic carbocycles. The van der Waals surface area contributed by atoms with Gasteiger partial charge in [0.2, 0.25) is 17.7 Å². The molecule has 0 saturated carbocycles. The summed E-state index contributed by atoms with van der Waals surface area (Å²) in [5, 5.41) is 0.853. The largest absolute Gasteiger partial charge is 0.481 e. The number of rotatable bonds is 5. The Balaban J connectivity index is 1.51. The Kier molecular flexibility index (Phi) is 5.19. The maximum Gasteiger partial charge on any atom is 0.233 e. The third kappa shape index (κ3) is 3.78. The molecule has 2 aromatic heterocycles. The fraction of sp³-hybridized carbons (Fsp3) is 0.467. The van der Waals surface area contributed by atoms with Crippen molar-refractivity contribution < 1.29 is 9.53 Å². The van der Waals surface area contributed by atoms with Gasteiger partial charge in [-0.05, 0) is 0 Å². The summed E-state index contributed by atoms with van der Waals surface area (Å²) < 4.78 is 7.04. The molecule has 1 saturated heterocycles. The van der Waals surface area contributed by atoms with Crippen LogP contribution in [0.2, 0.25) is 0 Å². The maximum atomic E-state index is 12.3. The number of carbonyl (C=O) groups is 1. The number of methoxy groups -OCH3 is 1. The van der Waals surface area contributed by atoms with Gasteiger partial charge in [0.1, 0.15) is 0 Å². The molecule has 1 aliphatic rings. The van der Waals surface area contributed by atoms with Crippen LogP contribution < -0.4 is 9.64 Å². The molecule has 3 heterocycles. The van der Waals surface area contributed by atoms with Gasteiger partial charge in [-0.3, -0.25) is 4.79 Å². The number of nitrogens with zero attached hydrogens (tertiary/aromatic N) is 6. The number of ether oxygens (including phenoxy) is 1. The van der Waals surface area contributed by atoms with Crippen molar-refractivity contribution in [2.75, 3.05) is 43.9 Å². The molecule has 1 amide bonds. The summed E-state index contributed by atoms with van der Waals surface area (Å²) in [6.07, 6.45) is 5.29. The van der Waals surface area contributed by atoms with E-state index in [1.165, 1.54) is 11.8 Å². The fourth-order valence-electron chi connectivity index (χ4n) is 2.46. The van der Waals surface area contributed by atoms with E-state index in [0.717, 1.165) is 5.16 Å². The van der Waals surface area contributed by atoms with Gasteiger partial charge in [0.15, 0.2) is 5.16 Å². The molecule has 0 aromatic carbocycles. The van der Waals surface area contributed by atoms with Gasteiger partial charge in [0, 0.05) is 57.9 Å². The van der Waals surface area contributed by atoms with Gasteiger partial charge in [-0.25, -0.2) is 9.97 Å². The monoisotopic (exact) mass is 348 g/mol. The lowest BCUT2D eigenvalue weighted by Gasteiger charge is -2.34. The van der Waals surface area contributed by atoms with Crippen molar-refractivity contribution in [2.45, 2.75) is 5.16 Å². The second kappa shape index (κ2) is 7.52. The first-order valence-electron chi connectivity index (χ1n) is 7.67. The van der Waals surface area contributed by atoms with Gasteiger partial charge in [-0.2, -0.15) is 4.98 Å². The van der Waals surface area contributed by atoms with Crippen LogP contribution in [0.1, 0.15) is 0 Å². The Morgan fingerprint density at radius 3 is 2.71 bits per heavy atom. The molecule has 9 heteroatoms. The highest BCUT2D eigenvalue weighted by molar-refractivity contribution is 7.99. The summed E-state index contributed by atoms with van der Waals surface area (Å²) in [6, 6.07) is 1.72. The second-order valence-electron chi connectivity index (χ2n) is 5.38. The Morgan fingerprint density at radius 1 is 1.25 bits per heavy atom. The van der Waals surface area contributed by atoms with E-state index in [4.69, 9.17) is 4.74 Å². The quantitative estimate of drug-likeness (QED) is 0.735. The molecule has 0 atom stereocenters. The van der Waals surface area contributed by atoms with Crippen LogP contribution >= 0.6 is 11.8 Å². The minimum absolute atomic E-state index is 0.134. The topological polar surface area (TPSA) is 76.4 Å². The van der Waals surface area contributed by atoms with Crippen LogP contribution in [0.25, 0.3) is 0 Å². The van der Waals surface area contributed by atoms with Crippen molar-refractivity contribution in [3.8, 4) is 5.88 Å². The summed E-state index contributed by atoms with van der Waals surface area (Å²) in [6.45, 7) is 2.76. The van der Waals surface area contributed by atoms with E-state index >= 15 is 0 Å². The third-order valence-electron chi connectivity index (χ3n) is 3.84. The Bertz CT molecular complexity index is 699. The Morgan fingerprint density at radius 2 is 2.04 bits per heavy atom.